The summed E-state index contributed by atoms with van der Waals surface area (Å²) in [4.78, 5) is 22.7. The molecule has 0 radical (unpaired) electrons. The van der Waals surface area contributed by atoms with Crippen molar-refractivity contribution in [3.8, 4) is 0 Å². The Kier molecular flexibility index (Phi) is 10.3. The molecule has 0 saturated carbocycles. The summed E-state index contributed by atoms with van der Waals surface area (Å²) in [6.45, 7) is 7.40. The summed E-state index contributed by atoms with van der Waals surface area (Å²) in [6.07, 6.45) is 10.2. The summed E-state index contributed by atoms with van der Waals surface area (Å²) in [5, 5.41) is 11.5. The molecule has 0 aromatic rings. The van der Waals surface area contributed by atoms with Crippen molar-refractivity contribution in [1.82, 2.24) is 5.32 Å². The average Bonchev–Trinajstić information content (AvgIpc) is 2.38. The van der Waals surface area contributed by atoms with Crippen LogP contribution in [0.15, 0.2) is 12.2 Å². The van der Waals surface area contributed by atoms with Gasteiger partial charge in [0.05, 0.1) is 0 Å². The van der Waals surface area contributed by atoms with Crippen LogP contribution in [-0.4, -0.2) is 28.8 Å². The molecule has 0 aliphatic rings. The predicted molar refractivity (Wildman–Crippen MR) is 87.9 cm³/mol. The summed E-state index contributed by atoms with van der Waals surface area (Å²) in [5.74, 6) is -1.03. The van der Waals surface area contributed by atoms with Gasteiger partial charge in [0.2, 0.25) is 0 Å². The van der Waals surface area contributed by atoms with Gasteiger partial charge < -0.3 is 15.2 Å². The van der Waals surface area contributed by atoms with Crippen LogP contribution in [0, 0.1) is 0 Å². The lowest BCUT2D eigenvalue weighted by Crippen LogP contribution is -2.43. The second kappa shape index (κ2) is 11.1. The highest BCUT2D eigenvalue weighted by Gasteiger charge is 2.23. The van der Waals surface area contributed by atoms with Gasteiger partial charge in [-0.3, -0.25) is 0 Å². The maximum atomic E-state index is 11.6. The van der Waals surface area contributed by atoms with Crippen LogP contribution in [0.1, 0.15) is 72.6 Å². The standard InChI is InChI=1S/C17H31NO4/c1-5-6-7-8-9-10-11-12-13-14(15(19)20)18-16(21)22-17(2,3)4/h9-10,14H,5-8,11-13H2,1-4H3,(H,18,21)(H,19,20)/b10-9+. The fourth-order valence-electron chi connectivity index (χ4n) is 1.89. The molecule has 0 spiro atoms. The minimum Gasteiger partial charge on any atom is -0.480 e. The largest absolute Gasteiger partial charge is 0.480 e. The van der Waals surface area contributed by atoms with Crippen molar-refractivity contribution in [2.24, 2.45) is 0 Å². The minimum absolute atomic E-state index is 0.397. The van der Waals surface area contributed by atoms with Crippen LogP contribution in [0.4, 0.5) is 4.79 Å². The van der Waals surface area contributed by atoms with Crippen molar-refractivity contribution in [1.29, 1.82) is 0 Å². The molecule has 1 atom stereocenters. The first kappa shape index (κ1) is 20.5. The predicted octanol–water partition coefficient (Wildman–Crippen LogP) is 4.27. The number of rotatable bonds is 10. The molecule has 2 N–H and O–H groups in total. The second-order valence-electron chi connectivity index (χ2n) is 6.44. The third-order valence-corrected chi connectivity index (χ3v) is 2.99. The van der Waals surface area contributed by atoms with Gasteiger partial charge >= 0.3 is 12.1 Å². The smallest absolute Gasteiger partial charge is 0.408 e. The molecule has 1 unspecified atom stereocenters. The molecule has 0 aromatic heterocycles. The van der Waals surface area contributed by atoms with Gasteiger partial charge in [-0.25, -0.2) is 9.59 Å². The maximum Gasteiger partial charge on any atom is 0.408 e. The number of unbranched alkanes of at least 4 members (excludes halogenated alkanes) is 4. The van der Waals surface area contributed by atoms with Gasteiger partial charge in [-0.2, -0.15) is 0 Å². The molecule has 0 rings (SSSR count). The number of hydrogen-bond donors (Lipinski definition) is 2. The molecule has 22 heavy (non-hydrogen) atoms. The van der Waals surface area contributed by atoms with E-state index in [-0.39, 0.29) is 0 Å². The zero-order chi connectivity index (χ0) is 17.0. The lowest BCUT2D eigenvalue weighted by molar-refractivity contribution is -0.139. The van der Waals surface area contributed by atoms with Gasteiger partial charge in [-0.15, -0.1) is 0 Å². The quantitative estimate of drug-likeness (QED) is 0.466. The van der Waals surface area contributed by atoms with Crippen molar-refractivity contribution in [3.05, 3.63) is 12.2 Å². The topological polar surface area (TPSA) is 75.6 Å². The molecular formula is C17H31NO4. The fraction of sp³-hybridized carbons (Fsp3) is 0.765. The molecule has 0 heterocycles. The number of hydrogen-bond acceptors (Lipinski definition) is 3. The SMILES string of the molecule is CCCCC/C=C/CCCC(NC(=O)OC(C)(C)C)C(=O)O. The van der Waals surface area contributed by atoms with Crippen LogP contribution in [-0.2, 0) is 9.53 Å². The highest BCUT2D eigenvalue weighted by atomic mass is 16.6. The number of allylic oxidation sites excluding steroid dienone is 2. The lowest BCUT2D eigenvalue weighted by atomic mass is 10.1. The number of carboxylic acid groups (broad SMARTS) is 1. The number of carbonyl (C=O) groups excluding carboxylic acids is 1. The Balaban J connectivity index is 4.01. The number of alkyl carbamates (subject to hydrolysis) is 1. The Labute approximate surface area is 134 Å². The van der Waals surface area contributed by atoms with Gasteiger partial charge in [0.15, 0.2) is 0 Å². The number of ether oxygens (including phenoxy) is 1. The number of carboxylic acids is 1. The van der Waals surface area contributed by atoms with E-state index >= 15 is 0 Å². The third-order valence-electron chi connectivity index (χ3n) is 2.99. The van der Waals surface area contributed by atoms with E-state index < -0.39 is 23.7 Å². The summed E-state index contributed by atoms with van der Waals surface area (Å²) in [5.41, 5.74) is -0.631. The van der Waals surface area contributed by atoms with Crippen molar-refractivity contribution < 1.29 is 19.4 Å². The number of carbonyl (C=O) groups is 2. The Hall–Kier alpha value is -1.52. The van der Waals surface area contributed by atoms with Gasteiger partial charge in [0.1, 0.15) is 11.6 Å². The van der Waals surface area contributed by atoms with E-state index in [4.69, 9.17) is 9.84 Å². The monoisotopic (exact) mass is 313 g/mol. The van der Waals surface area contributed by atoms with Crippen LogP contribution >= 0.6 is 0 Å². The molecule has 5 nitrogen and oxygen atoms in total. The molecule has 0 saturated heterocycles. The van der Waals surface area contributed by atoms with Gasteiger partial charge in [0.25, 0.3) is 0 Å². The second-order valence-corrected chi connectivity index (χ2v) is 6.44. The Bertz CT molecular complexity index is 358. The van der Waals surface area contributed by atoms with Crippen LogP contribution in [0.5, 0.6) is 0 Å². The maximum absolute atomic E-state index is 11.6. The van der Waals surface area contributed by atoms with Crippen LogP contribution in [0.3, 0.4) is 0 Å². The zero-order valence-electron chi connectivity index (χ0n) is 14.4. The molecular weight excluding hydrogens is 282 g/mol. The van der Waals surface area contributed by atoms with E-state index in [2.05, 4.69) is 24.4 Å². The highest BCUT2D eigenvalue weighted by molar-refractivity contribution is 5.79. The minimum atomic E-state index is -1.03. The lowest BCUT2D eigenvalue weighted by Gasteiger charge is -2.21. The first-order valence-electron chi connectivity index (χ1n) is 8.13. The van der Waals surface area contributed by atoms with Crippen molar-refractivity contribution in [3.63, 3.8) is 0 Å². The van der Waals surface area contributed by atoms with E-state index in [1.54, 1.807) is 20.8 Å². The molecule has 0 aliphatic carbocycles. The third kappa shape index (κ3) is 12.2. The average molecular weight is 313 g/mol. The van der Waals surface area contributed by atoms with Crippen LogP contribution < -0.4 is 5.32 Å². The molecule has 0 aromatic carbocycles. The van der Waals surface area contributed by atoms with Crippen molar-refractivity contribution in [2.45, 2.75) is 84.3 Å². The molecule has 5 heteroatoms. The summed E-state index contributed by atoms with van der Waals surface area (Å²) in [6, 6.07) is -0.900. The Morgan fingerprint density at radius 2 is 1.73 bits per heavy atom. The van der Waals surface area contributed by atoms with Crippen LogP contribution in [0.2, 0.25) is 0 Å². The number of nitrogens with one attached hydrogen (secondary N) is 1. The summed E-state index contributed by atoms with van der Waals surface area (Å²) >= 11 is 0. The van der Waals surface area contributed by atoms with Crippen LogP contribution in [0.25, 0.3) is 0 Å². The van der Waals surface area contributed by atoms with E-state index in [1.165, 1.54) is 19.3 Å². The first-order valence-corrected chi connectivity index (χ1v) is 8.13. The molecule has 0 bridgehead atoms. The van der Waals surface area contributed by atoms with Gasteiger partial charge in [-0.1, -0.05) is 31.9 Å². The normalized spacial score (nSPS) is 13.1. The van der Waals surface area contributed by atoms with Gasteiger partial charge in [0, 0.05) is 0 Å². The summed E-state index contributed by atoms with van der Waals surface area (Å²) in [7, 11) is 0. The Morgan fingerprint density at radius 1 is 1.14 bits per heavy atom. The molecule has 128 valence electrons. The van der Waals surface area contributed by atoms with Crippen molar-refractivity contribution in [2.75, 3.05) is 0 Å². The van der Waals surface area contributed by atoms with E-state index in [1.807, 2.05) is 0 Å². The van der Waals surface area contributed by atoms with E-state index in [0.717, 1.165) is 19.3 Å². The first-order chi connectivity index (χ1) is 10.3. The summed E-state index contributed by atoms with van der Waals surface area (Å²) < 4.78 is 5.07. The van der Waals surface area contributed by atoms with Crippen molar-refractivity contribution >= 4 is 12.1 Å². The van der Waals surface area contributed by atoms with E-state index in [9.17, 15) is 9.59 Å². The number of amides is 1. The van der Waals surface area contributed by atoms with Gasteiger partial charge in [-0.05, 0) is 52.9 Å². The molecule has 0 fully saturated rings. The Morgan fingerprint density at radius 3 is 2.23 bits per heavy atom. The number of aliphatic carboxylic acids is 1. The molecule has 1 amide bonds. The highest BCUT2D eigenvalue weighted by Crippen LogP contribution is 2.09. The van der Waals surface area contributed by atoms with E-state index in [0.29, 0.717) is 6.42 Å². The zero-order valence-corrected chi connectivity index (χ0v) is 14.4. The molecule has 0 aliphatic heterocycles. The fourth-order valence-corrected chi connectivity index (χ4v) is 1.89.